The van der Waals surface area contributed by atoms with E-state index in [2.05, 4.69) is 4.98 Å². The molecule has 0 radical (unpaired) electrons. The van der Waals surface area contributed by atoms with E-state index in [0.717, 1.165) is 11.1 Å². The summed E-state index contributed by atoms with van der Waals surface area (Å²) in [5, 5.41) is 10.8. The number of piperidine rings is 1. The number of aliphatic hydroxyl groups is 1. The van der Waals surface area contributed by atoms with Gasteiger partial charge in [0.2, 0.25) is 0 Å². The summed E-state index contributed by atoms with van der Waals surface area (Å²) in [6.45, 7) is 1.06. The summed E-state index contributed by atoms with van der Waals surface area (Å²) in [4.78, 5) is 17.4. The molecule has 0 bridgehead atoms. The van der Waals surface area contributed by atoms with E-state index in [9.17, 15) is 9.90 Å². The minimum absolute atomic E-state index is 0.0495. The molecular weight excluding hydrogens is 292 g/mol. The average Bonchev–Trinajstić information content (AvgIpc) is 3.17. The number of aromatic nitrogens is 1. The summed E-state index contributed by atoms with van der Waals surface area (Å²) in [5.41, 5.74) is 2.12. The summed E-state index contributed by atoms with van der Waals surface area (Å²) in [7, 11) is 0. The van der Waals surface area contributed by atoms with E-state index in [4.69, 9.17) is 4.42 Å². The molecule has 4 rings (SSSR count). The van der Waals surface area contributed by atoms with Gasteiger partial charge in [-0.15, -0.1) is 0 Å². The van der Waals surface area contributed by atoms with Crippen molar-refractivity contribution >= 4 is 17.0 Å². The molecule has 0 spiro atoms. The second-order valence-corrected chi connectivity index (χ2v) is 6.07. The van der Waals surface area contributed by atoms with E-state index >= 15 is 0 Å². The molecule has 1 aliphatic rings. The molecule has 1 amide bonds. The number of hydrogen-bond donors (Lipinski definition) is 2. The van der Waals surface area contributed by atoms with Gasteiger partial charge in [0.15, 0.2) is 5.58 Å². The first-order valence-electron chi connectivity index (χ1n) is 7.79. The Balaban J connectivity index is 1.49. The molecule has 0 atom stereocenters. The summed E-state index contributed by atoms with van der Waals surface area (Å²) >= 11 is 0. The zero-order valence-corrected chi connectivity index (χ0v) is 12.7. The summed E-state index contributed by atoms with van der Waals surface area (Å²) < 4.78 is 5.28. The molecule has 118 valence electrons. The third-order valence-electron chi connectivity index (χ3n) is 4.66. The maximum Gasteiger partial charge on any atom is 0.270 e. The summed E-state index contributed by atoms with van der Waals surface area (Å²) in [6.07, 6.45) is 2.68. The number of nitrogens with zero attached hydrogens (tertiary/aromatic N) is 1. The Morgan fingerprint density at radius 2 is 1.91 bits per heavy atom. The van der Waals surface area contributed by atoms with Crippen molar-refractivity contribution in [2.45, 2.75) is 18.4 Å². The predicted molar refractivity (Wildman–Crippen MR) is 86.0 cm³/mol. The van der Waals surface area contributed by atoms with Crippen LogP contribution in [0, 0.1) is 0 Å². The molecule has 3 heterocycles. The highest BCUT2D eigenvalue weighted by Crippen LogP contribution is 2.33. The maximum absolute atomic E-state index is 12.6. The smallest absolute Gasteiger partial charge is 0.270 e. The molecule has 2 N–H and O–H groups in total. The number of likely N-dealkylation sites (tertiary alicyclic amines) is 1. The highest BCUT2D eigenvalue weighted by molar-refractivity contribution is 5.96. The van der Waals surface area contributed by atoms with Crippen LogP contribution in [0.25, 0.3) is 11.1 Å². The summed E-state index contributed by atoms with van der Waals surface area (Å²) in [5.74, 6) is -0.0495. The number of amides is 1. The minimum Gasteiger partial charge on any atom is -0.463 e. The zero-order valence-electron chi connectivity index (χ0n) is 12.7. The topological polar surface area (TPSA) is 69.5 Å². The van der Waals surface area contributed by atoms with E-state index < -0.39 is 5.60 Å². The highest BCUT2D eigenvalue weighted by Gasteiger charge is 2.35. The monoisotopic (exact) mass is 310 g/mol. The SMILES string of the molecule is O=C(c1cc2occc2[nH]1)N1CCC(O)(c2ccccc2)CC1. The first-order chi connectivity index (χ1) is 11.2. The average molecular weight is 310 g/mol. The van der Waals surface area contributed by atoms with Gasteiger partial charge in [0, 0.05) is 25.2 Å². The Kier molecular flexibility index (Phi) is 3.23. The van der Waals surface area contributed by atoms with Crippen molar-refractivity contribution in [2.24, 2.45) is 0 Å². The van der Waals surface area contributed by atoms with Crippen molar-refractivity contribution in [3.8, 4) is 0 Å². The predicted octanol–water partition coefficient (Wildman–Crippen LogP) is 2.88. The van der Waals surface area contributed by atoms with Gasteiger partial charge >= 0.3 is 0 Å². The van der Waals surface area contributed by atoms with E-state index in [0.29, 0.717) is 37.2 Å². The minimum atomic E-state index is -0.846. The molecule has 1 fully saturated rings. The number of benzene rings is 1. The molecule has 5 nitrogen and oxygen atoms in total. The van der Waals surface area contributed by atoms with Crippen LogP contribution in [-0.2, 0) is 5.60 Å². The van der Waals surface area contributed by atoms with E-state index in [1.807, 2.05) is 30.3 Å². The molecular formula is C18H18N2O3. The van der Waals surface area contributed by atoms with Gasteiger partial charge in [0.25, 0.3) is 5.91 Å². The number of carbonyl (C=O) groups is 1. The number of H-pyrrole nitrogens is 1. The van der Waals surface area contributed by atoms with Crippen LogP contribution in [0.15, 0.2) is 53.1 Å². The van der Waals surface area contributed by atoms with Crippen molar-refractivity contribution in [1.82, 2.24) is 9.88 Å². The van der Waals surface area contributed by atoms with E-state index in [-0.39, 0.29) is 5.91 Å². The van der Waals surface area contributed by atoms with Gasteiger partial charge in [0.1, 0.15) is 5.69 Å². The number of nitrogens with one attached hydrogen (secondary N) is 1. The van der Waals surface area contributed by atoms with Gasteiger partial charge < -0.3 is 19.4 Å². The number of aromatic amines is 1. The molecule has 5 heteroatoms. The van der Waals surface area contributed by atoms with Crippen LogP contribution >= 0.6 is 0 Å². The van der Waals surface area contributed by atoms with Gasteiger partial charge in [-0.1, -0.05) is 30.3 Å². The number of hydrogen-bond acceptors (Lipinski definition) is 3. The maximum atomic E-state index is 12.6. The van der Waals surface area contributed by atoms with Crippen molar-refractivity contribution in [3.63, 3.8) is 0 Å². The number of fused-ring (bicyclic) bond motifs is 1. The van der Waals surface area contributed by atoms with E-state index in [1.165, 1.54) is 0 Å². The van der Waals surface area contributed by atoms with Crippen molar-refractivity contribution in [1.29, 1.82) is 0 Å². The van der Waals surface area contributed by atoms with Gasteiger partial charge in [0.05, 0.1) is 17.4 Å². The van der Waals surface area contributed by atoms with Crippen LogP contribution in [0.4, 0.5) is 0 Å². The molecule has 1 saturated heterocycles. The van der Waals surface area contributed by atoms with Crippen LogP contribution in [-0.4, -0.2) is 34.0 Å². The Morgan fingerprint density at radius 1 is 1.17 bits per heavy atom. The molecule has 2 aromatic heterocycles. The summed E-state index contributed by atoms with van der Waals surface area (Å²) in [6, 6.07) is 13.2. The second-order valence-electron chi connectivity index (χ2n) is 6.07. The molecule has 1 aromatic carbocycles. The molecule has 0 saturated carbocycles. The third kappa shape index (κ3) is 2.43. The third-order valence-corrected chi connectivity index (χ3v) is 4.66. The molecule has 1 aliphatic heterocycles. The van der Waals surface area contributed by atoms with Crippen molar-refractivity contribution < 1.29 is 14.3 Å². The lowest BCUT2D eigenvalue weighted by molar-refractivity contribution is -0.0212. The Hall–Kier alpha value is -2.53. The molecule has 3 aromatic rings. The highest BCUT2D eigenvalue weighted by atomic mass is 16.3. The largest absolute Gasteiger partial charge is 0.463 e. The van der Waals surface area contributed by atoms with Gasteiger partial charge in [-0.2, -0.15) is 0 Å². The lowest BCUT2D eigenvalue weighted by Gasteiger charge is -2.38. The van der Waals surface area contributed by atoms with Crippen LogP contribution in [0.1, 0.15) is 28.9 Å². The number of furan rings is 1. The fourth-order valence-electron chi connectivity index (χ4n) is 3.25. The first kappa shape index (κ1) is 14.1. The molecule has 0 unspecified atom stereocenters. The van der Waals surface area contributed by atoms with Gasteiger partial charge in [-0.25, -0.2) is 0 Å². The Bertz CT molecular complexity index is 798. The normalized spacial score (nSPS) is 17.5. The van der Waals surface area contributed by atoms with Crippen LogP contribution in [0.5, 0.6) is 0 Å². The second kappa shape index (κ2) is 5.28. The Labute approximate surface area is 133 Å². The van der Waals surface area contributed by atoms with Gasteiger partial charge in [-0.05, 0) is 18.4 Å². The fraction of sp³-hybridized carbons (Fsp3) is 0.278. The van der Waals surface area contributed by atoms with Gasteiger partial charge in [-0.3, -0.25) is 4.79 Å². The molecule has 0 aliphatic carbocycles. The molecule has 23 heavy (non-hydrogen) atoms. The van der Waals surface area contributed by atoms with Crippen molar-refractivity contribution in [2.75, 3.05) is 13.1 Å². The lowest BCUT2D eigenvalue weighted by atomic mass is 9.84. The van der Waals surface area contributed by atoms with Crippen LogP contribution in [0.3, 0.4) is 0 Å². The number of carbonyl (C=O) groups excluding carboxylic acids is 1. The zero-order chi connectivity index (χ0) is 15.9. The van der Waals surface area contributed by atoms with Crippen LogP contribution < -0.4 is 0 Å². The first-order valence-corrected chi connectivity index (χ1v) is 7.79. The lowest BCUT2D eigenvalue weighted by Crippen LogP contribution is -2.45. The standard InChI is InChI=1S/C18H18N2O3/c21-17(15-12-16-14(19-15)6-11-23-16)20-9-7-18(22,8-10-20)13-4-2-1-3-5-13/h1-6,11-12,19,22H,7-10H2. The Morgan fingerprint density at radius 3 is 2.61 bits per heavy atom. The number of rotatable bonds is 2. The van der Waals surface area contributed by atoms with E-state index in [1.54, 1.807) is 23.3 Å². The van der Waals surface area contributed by atoms with Crippen molar-refractivity contribution in [3.05, 3.63) is 60.0 Å². The van der Waals surface area contributed by atoms with Crippen LogP contribution in [0.2, 0.25) is 0 Å². The fourth-order valence-corrected chi connectivity index (χ4v) is 3.25. The quantitative estimate of drug-likeness (QED) is 0.764.